The lowest BCUT2D eigenvalue weighted by Gasteiger charge is -2.14. The van der Waals surface area contributed by atoms with Crippen molar-refractivity contribution in [2.45, 2.75) is 18.9 Å². The molecule has 0 N–H and O–H groups in total. The molecule has 1 saturated carbocycles. The number of fused-ring (bicyclic) bond motifs is 1. The smallest absolute Gasteiger partial charge is 0.414 e. The summed E-state index contributed by atoms with van der Waals surface area (Å²) < 4.78 is 16.2. The van der Waals surface area contributed by atoms with Gasteiger partial charge in [-0.2, -0.15) is 0 Å². The van der Waals surface area contributed by atoms with Crippen LogP contribution in [-0.2, 0) is 9.47 Å². The molecule has 0 unspecified atom stereocenters. The van der Waals surface area contributed by atoms with Gasteiger partial charge in [-0.1, -0.05) is 12.1 Å². The van der Waals surface area contributed by atoms with E-state index >= 15 is 0 Å². The first kappa shape index (κ1) is 15.3. The Kier molecular flexibility index (Phi) is 4.02. The second kappa shape index (κ2) is 6.32. The van der Waals surface area contributed by atoms with Crippen LogP contribution in [0.25, 0.3) is 10.8 Å². The number of nitrogens with zero attached hydrogens (tertiary/aromatic N) is 1. The van der Waals surface area contributed by atoms with Gasteiger partial charge in [0.05, 0.1) is 19.8 Å². The van der Waals surface area contributed by atoms with Crippen molar-refractivity contribution in [2.75, 3.05) is 31.8 Å². The van der Waals surface area contributed by atoms with Crippen LogP contribution in [0.15, 0.2) is 36.4 Å². The van der Waals surface area contributed by atoms with E-state index in [0.29, 0.717) is 13.2 Å². The average Bonchev–Trinajstić information content (AvgIpc) is 3.35. The first-order valence-corrected chi connectivity index (χ1v) is 8.36. The number of amides is 1. The Bertz CT molecular complexity index is 756. The van der Waals surface area contributed by atoms with E-state index in [-0.39, 0.29) is 12.2 Å². The molecule has 0 bridgehead atoms. The van der Waals surface area contributed by atoms with Crippen molar-refractivity contribution in [3.05, 3.63) is 36.4 Å². The number of ether oxygens (including phenoxy) is 3. The summed E-state index contributed by atoms with van der Waals surface area (Å²) in [6, 6.07) is 12.1. The normalized spacial score (nSPS) is 20.5. The van der Waals surface area contributed by atoms with Crippen molar-refractivity contribution in [3.8, 4) is 5.75 Å². The molecule has 1 aliphatic carbocycles. The zero-order chi connectivity index (χ0) is 16.5. The second-order valence-corrected chi connectivity index (χ2v) is 6.52. The van der Waals surface area contributed by atoms with E-state index < -0.39 is 0 Å². The SMILES string of the molecule is COC[C@H]1CN(c2ccc3cc(OCC4CC4)ccc3c2)C(=O)O1. The summed E-state index contributed by atoms with van der Waals surface area (Å²) in [6.45, 7) is 1.74. The van der Waals surface area contributed by atoms with Gasteiger partial charge < -0.3 is 14.2 Å². The van der Waals surface area contributed by atoms with Gasteiger partial charge in [0.2, 0.25) is 0 Å². The predicted molar refractivity (Wildman–Crippen MR) is 91.7 cm³/mol. The quantitative estimate of drug-likeness (QED) is 0.813. The van der Waals surface area contributed by atoms with Gasteiger partial charge in [0.1, 0.15) is 11.9 Å². The zero-order valence-electron chi connectivity index (χ0n) is 13.7. The molecule has 2 aromatic carbocycles. The van der Waals surface area contributed by atoms with Crippen LogP contribution >= 0.6 is 0 Å². The number of carbonyl (C=O) groups is 1. The Morgan fingerprint density at radius 2 is 1.92 bits per heavy atom. The average molecular weight is 327 g/mol. The summed E-state index contributed by atoms with van der Waals surface area (Å²) in [4.78, 5) is 13.7. The van der Waals surface area contributed by atoms with E-state index in [1.807, 2.05) is 30.3 Å². The number of benzene rings is 2. The number of rotatable bonds is 6. The summed E-state index contributed by atoms with van der Waals surface area (Å²) in [6.07, 6.45) is 2.04. The lowest BCUT2D eigenvalue weighted by atomic mass is 10.1. The molecule has 2 aromatic rings. The number of methoxy groups -OCH3 is 1. The molecule has 126 valence electrons. The van der Waals surface area contributed by atoms with Gasteiger partial charge >= 0.3 is 6.09 Å². The number of anilines is 1. The third-order valence-electron chi connectivity index (χ3n) is 4.52. The molecule has 1 saturated heterocycles. The fraction of sp³-hybridized carbons (Fsp3) is 0.421. The van der Waals surface area contributed by atoms with Crippen molar-refractivity contribution in [1.82, 2.24) is 0 Å². The minimum Gasteiger partial charge on any atom is -0.493 e. The Balaban J connectivity index is 1.52. The molecule has 24 heavy (non-hydrogen) atoms. The van der Waals surface area contributed by atoms with Crippen molar-refractivity contribution in [1.29, 1.82) is 0 Å². The van der Waals surface area contributed by atoms with E-state index in [1.165, 1.54) is 12.8 Å². The topological polar surface area (TPSA) is 48.0 Å². The van der Waals surface area contributed by atoms with Crippen molar-refractivity contribution in [2.24, 2.45) is 5.92 Å². The summed E-state index contributed by atoms with van der Waals surface area (Å²) in [5.41, 5.74) is 0.845. The molecule has 5 heteroatoms. The second-order valence-electron chi connectivity index (χ2n) is 6.52. The van der Waals surface area contributed by atoms with E-state index in [2.05, 4.69) is 6.07 Å². The fourth-order valence-electron chi connectivity index (χ4n) is 2.97. The van der Waals surface area contributed by atoms with Crippen LogP contribution in [0.3, 0.4) is 0 Å². The molecule has 5 nitrogen and oxygen atoms in total. The largest absolute Gasteiger partial charge is 0.493 e. The van der Waals surface area contributed by atoms with Crippen LogP contribution in [0, 0.1) is 5.92 Å². The van der Waals surface area contributed by atoms with Crippen LogP contribution in [0.2, 0.25) is 0 Å². The standard InChI is InChI=1S/C19H21NO4/c1-22-12-18-10-20(19(21)24-18)16-6-4-15-9-17(7-5-14(15)8-16)23-11-13-2-3-13/h4-9,13,18H,2-3,10-12H2,1H3/t18-/m1/s1. The van der Waals surface area contributed by atoms with Crippen molar-refractivity contribution >= 4 is 22.6 Å². The van der Waals surface area contributed by atoms with Crippen LogP contribution in [0.1, 0.15) is 12.8 Å². The number of hydrogen-bond acceptors (Lipinski definition) is 4. The van der Waals surface area contributed by atoms with Crippen LogP contribution < -0.4 is 9.64 Å². The summed E-state index contributed by atoms with van der Waals surface area (Å²) in [5.74, 6) is 1.65. The van der Waals surface area contributed by atoms with Gasteiger partial charge in [-0.25, -0.2) is 4.79 Å². The number of cyclic esters (lactones) is 1. The van der Waals surface area contributed by atoms with Crippen LogP contribution in [0.4, 0.5) is 10.5 Å². The minimum atomic E-state index is -0.319. The summed E-state index contributed by atoms with van der Waals surface area (Å²) in [7, 11) is 1.61. The molecule has 0 aromatic heterocycles. The molecule has 0 radical (unpaired) electrons. The van der Waals surface area contributed by atoms with Crippen molar-refractivity contribution in [3.63, 3.8) is 0 Å². The van der Waals surface area contributed by atoms with Gasteiger partial charge in [-0.15, -0.1) is 0 Å². The lowest BCUT2D eigenvalue weighted by Crippen LogP contribution is -2.25. The molecule has 1 heterocycles. The highest BCUT2D eigenvalue weighted by molar-refractivity contribution is 5.94. The lowest BCUT2D eigenvalue weighted by molar-refractivity contribution is 0.0718. The molecular formula is C19H21NO4. The first-order chi connectivity index (χ1) is 11.7. The highest BCUT2D eigenvalue weighted by Gasteiger charge is 2.32. The maximum Gasteiger partial charge on any atom is 0.414 e. The van der Waals surface area contributed by atoms with Gasteiger partial charge in [0.15, 0.2) is 0 Å². The molecule has 4 rings (SSSR count). The zero-order valence-corrected chi connectivity index (χ0v) is 13.7. The summed E-state index contributed by atoms with van der Waals surface area (Å²) >= 11 is 0. The minimum absolute atomic E-state index is 0.212. The molecule has 2 fully saturated rings. The van der Waals surface area contributed by atoms with Gasteiger partial charge in [0.25, 0.3) is 0 Å². The molecule has 1 atom stereocenters. The number of hydrogen-bond donors (Lipinski definition) is 0. The van der Waals surface area contributed by atoms with E-state index in [1.54, 1.807) is 12.0 Å². The predicted octanol–water partition coefficient (Wildman–Crippen LogP) is 3.60. The first-order valence-electron chi connectivity index (χ1n) is 8.36. The highest BCUT2D eigenvalue weighted by atomic mass is 16.6. The van der Waals surface area contributed by atoms with E-state index in [9.17, 15) is 4.79 Å². The molecular weight excluding hydrogens is 306 g/mol. The van der Waals surface area contributed by atoms with E-state index in [4.69, 9.17) is 14.2 Å². The van der Waals surface area contributed by atoms with Gasteiger partial charge in [-0.3, -0.25) is 4.90 Å². The van der Waals surface area contributed by atoms with Crippen LogP contribution in [0.5, 0.6) is 5.75 Å². The molecule has 1 amide bonds. The van der Waals surface area contributed by atoms with E-state index in [0.717, 1.165) is 34.7 Å². The Hall–Kier alpha value is -2.27. The maximum absolute atomic E-state index is 12.0. The third kappa shape index (κ3) is 3.17. The Morgan fingerprint density at radius 1 is 1.12 bits per heavy atom. The van der Waals surface area contributed by atoms with Crippen molar-refractivity contribution < 1.29 is 19.0 Å². The summed E-state index contributed by atoms with van der Waals surface area (Å²) in [5, 5.41) is 2.18. The highest BCUT2D eigenvalue weighted by Crippen LogP contribution is 2.31. The monoisotopic (exact) mass is 327 g/mol. The van der Waals surface area contributed by atoms with Gasteiger partial charge in [-0.05, 0) is 53.8 Å². The Labute approximate surface area is 141 Å². The third-order valence-corrected chi connectivity index (χ3v) is 4.52. The molecule has 2 aliphatic rings. The fourth-order valence-corrected chi connectivity index (χ4v) is 2.97. The molecule has 1 aliphatic heterocycles. The maximum atomic E-state index is 12.0. The van der Waals surface area contributed by atoms with Gasteiger partial charge in [0, 0.05) is 12.8 Å². The van der Waals surface area contributed by atoms with Crippen LogP contribution in [-0.4, -0.2) is 39.1 Å². The molecule has 0 spiro atoms. The number of carbonyl (C=O) groups excluding carboxylic acids is 1. The Morgan fingerprint density at radius 3 is 2.71 bits per heavy atom.